The molecule has 0 heterocycles. The molecule has 0 aromatic heterocycles. The number of rotatable bonds is 7. The third-order valence-electron chi connectivity index (χ3n) is 10.2. The first-order valence-corrected chi connectivity index (χ1v) is 14.9. The highest BCUT2D eigenvalue weighted by molar-refractivity contribution is 5.89. The molecule has 0 saturated heterocycles. The van der Waals surface area contributed by atoms with Gasteiger partial charge in [-0.1, -0.05) is 74.7 Å². The van der Waals surface area contributed by atoms with Crippen molar-refractivity contribution in [1.29, 1.82) is 0 Å². The summed E-state index contributed by atoms with van der Waals surface area (Å²) in [5, 5.41) is 3.50. The van der Waals surface area contributed by atoms with E-state index in [1.54, 1.807) is 0 Å². The first kappa shape index (κ1) is 29.0. The number of hydrogen-bond acceptors (Lipinski definition) is 3. The zero-order valence-corrected chi connectivity index (χ0v) is 26.0. The first-order chi connectivity index (χ1) is 19.4. The fourth-order valence-electron chi connectivity index (χ4n) is 7.92. The van der Waals surface area contributed by atoms with E-state index in [1.807, 2.05) is 0 Å². The predicted molar refractivity (Wildman–Crippen MR) is 177 cm³/mol. The van der Waals surface area contributed by atoms with Crippen molar-refractivity contribution < 1.29 is 0 Å². The third-order valence-corrected chi connectivity index (χ3v) is 10.2. The van der Waals surface area contributed by atoms with Gasteiger partial charge in [0.1, 0.15) is 0 Å². The predicted octanol–water partition coefficient (Wildman–Crippen LogP) is 8.06. The van der Waals surface area contributed by atoms with Crippen LogP contribution in [0.15, 0.2) is 96.3 Å². The smallest absolute Gasteiger partial charge is 0.0341 e. The van der Waals surface area contributed by atoms with Crippen LogP contribution in [0.1, 0.15) is 55.9 Å². The van der Waals surface area contributed by atoms with Gasteiger partial charge in [-0.05, 0) is 128 Å². The van der Waals surface area contributed by atoms with Crippen molar-refractivity contribution in [1.82, 2.24) is 10.2 Å². The van der Waals surface area contributed by atoms with Gasteiger partial charge in [0.25, 0.3) is 0 Å². The van der Waals surface area contributed by atoms with Crippen LogP contribution in [0.2, 0.25) is 0 Å². The summed E-state index contributed by atoms with van der Waals surface area (Å²) in [6.45, 7) is 28.8. The molecule has 5 rings (SSSR count). The molecule has 0 fully saturated rings. The van der Waals surface area contributed by atoms with Crippen LogP contribution in [0.5, 0.6) is 0 Å². The second kappa shape index (κ2) is 10.7. The molecule has 0 aliphatic heterocycles. The lowest BCUT2D eigenvalue weighted by Crippen LogP contribution is -2.42. The molecule has 214 valence electrons. The molecule has 0 spiro atoms. The highest BCUT2D eigenvalue weighted by Crippen LogP contribution is 2.61. The van der Waals surface area contributed by atoms with Crippen LogP contribution in [-0.4, -0.2) is 32.1 Å². The molecule has 3 nitrogen and oxygen atoms in total. The van der Waals surface area contributed by atoms with E-state index in [4.69, 9.17) is 12.3 Å². The van der Waals surface area contributed by atoms with E-state index in [0.29, 0.717) is 17.5 Å². The van der Waals surface area contributed by atoms with Crippen LogP contribution in [-0.2, 0) is 6.42 Å². The summed E-state index contributed by atoms with van der Waals surface area (Å²) >= 11 is 0. The minimum Gasteiger partial charge on any atom is -0.399 e. The van der Waals surface area contributed by atoms with Crippen molar-refractivity contribution in [3.05, 3.63) is 119 Å². The Hall–Kier alpha value is -3.56. The van der Waals surface area contributed by atoms with Crippen molar-refractivity contribution >= 4 is 11.3 Å². The molecule has 0 radical (unpaired) electrons. The molecule has 3 aliphatic rings. The maximum Gasteiger partial charge on any atom is 0.0341 e. The number of benzene rings is 2. The van der Waals surface area contributed by atoms with E-state index in [0.717, 1.165) is 54.8 Å². The lowest BCUT2D eigenvalue weighted by molar-refractivity contribution is 0.208. The van der Waals surface area contributed by atoms with Gasteiger partial charge in [-0.3, -0.25) is 0 Å². The third kappa shape index (κ3) is 4.75. The number of hydrogen-bond donors (Lipinski definition) is 2. The Morgan fingerprint density at radius 1 is 1.07 bits per heavy atom. The maximum absolute atomic E-state index is 6.30. The Morgan fingerprint density at radius 2 is 1.80 bits per heavy atom. The molecule has 3 N–H and O–H groups in total. The average Bonchev–Trinajstić information content (AvgIpc) is 2.90. The molecule has 3 heteroatoms. The first-order valence-electron chi connectivity index (χ1n) is 14.9. The summed E-state index contributed by atoms with van der Waals surface area (Å²) in [6, 6.07) is 13.4. The second-order valence-electron chi connectivity index (χ2n) is 13.0. The number of fused-ring (bicyclic) bond motifs is 3. The van der Waals surface area contributed by atoms with Crippen LogP contribution in [0, 0.1) is 24.2 Å². The normalized spacial score (nSPS) is 23.8. The topological polar surface area (TPSA) is 41.3 Å². The van der Waals surface area contributed by atoms with Gasteiger partial charge < -0.3 is 16.0 Å². The summed E-state index contributed by atoms with van der Waals surface area (Å²) < 4.78 is 0. The lowest BCUT2D eigenvalue weighted by atomic mass is 9.51. The van der Waals surface area contributed by atoms with Gasteiger partial charge in [0.05, 0.1) is 0 Å². The summed E-state index contributed by atoms with van der Waals surface area (Å²) in [6.07, 6.45) is 3.19. The van der Waals surface area contributed by atoms with E-state index >= 15 is 0 Å². The van der Waals surface area contributed by atoms with Crippen molar-refractivity contribution in [2.45, 2.75) is 47.0 Å². The Bertz CT molecular complexity index is 1550. The number of nitrogens with zero attached hydrogens (tertiary/aromatic N) is 1. The van der Waals surface area contributed by atoms with E-state index in [1.165, 1.54) is 50.1 Å². The van der Waals surface area contributed by atoms with E-state index in [-0.39, 0.29) is 5.41 Å². The molecule has 0 bridgehead atoms. The highest BCUT2D eigenvalue weighted by Gasteiger charge is 2.50. The van der Waals surface area contributed by atoms with Gasteiger partial charge in [-0.25, -0.2) is 0 Å². The van der Waals surface area contributed by atoms with Crippen LogP contribution in [0.4, 0.5) is 0 Å². The monoisotopic (exact) mass is 545 g/mol. The molecule has 3 aliphatic carbocycles. The lowest BCUT2D eigenvalue weighted by Gasteiger charge is -2.53. The zero-order chi connectivity index (χ0) is 29.8. The van der Waals surface area contributed by atoms with Gasteiger partial charge in [-0.2, -0.15) is 0 Å². The van der Waals surface area contributed by atoms with Crippen molar-refractivity contribution in [3.8, 4) is 11.1 Å². The van der Waals surface area contributed by atoms with Crippen molar-refractivity contribution in [3.63, 3.8) is 0 Å². The van der Waals surface area contributed by atoms with Crippen LogP contribution < -0.4 is 11.1 Å². The second-order valence-corrected chi connectivity index (χ2v) is 13.0. The van der Waals surface area contributed by atoms with Gasteiger partial charge in [-0.15, -0.1) is 0 Å². The SMILES string of the molecule is C=C(N)C1=C(C)C[C@@H]2CC3Cc4c(-c5cccc(C(=C)NCCN(C)C)c5)ccc(C)c4C(=C)C3=C(C)[C@]2(C)C1=C. The molecular weight excluding hydrogens is 498 g/mol. The molecule has 0 amide bonds. The number of aryl methyl sites for hydroxylation is 1. The fourth-order valence-corrected chi connectivity index (χ4v) is 7.92. The van der Waals surface area contributed by atoms with E-state index < -0.39 is 0 Å². The highest BCUT2D eigenvalue weighted by atomic mass is 15.1. The standard InChI is InChI=1S/C38H47N3/c1-22-14-15-33(30-13-11-12-29(19-30)28(7)40-16-17-41(9)10)34-21-31-20-32-18-23(2)36(27(6)39)25(4)38(32,8)26(5)37(31)24(3)35(22)34/h11-15,19,31-32,40H,3-4,6-7,16-18,20-21,39H2,1-2,5,8-10H3/t31?,32-,38+/m1/s1. The summed E-state index contributed by atoms with van der Waals surface area (Å²) in [5.41, 5.74) is 23.1. The molecule has 41 heavy (non-hydrogen) atoms. The Labute approximate surface area is 247 Å². The molecule has 0 saturated carbocycles. The molecule has 1 unspecified atom stereocenters. The summed E-state index contributed by atoms with van der Waals surface area (Å²) in [5.74, 6) is 0.942. The number of allylic oxidation sites excluding steroid dienone is 5. The largest absolute Gasteiger partial charge is 0.399 e. The molecule has 3 atom stereocenters. The van der Waals surface area contributed by atoms with Crippen LogP contribution >= 0.6 is 0 Å². The maximum atomic E-state index is 6.30. The van der Waals surface area contributed by atoms with Crippen molar-refractivity contribution in [2.75, 3.05) is 27.2 Å². The fraction of sp³-hybridized carbons (Fsp3) is 0.368. The number of nitrogens with one attached hydrogen (secondary N) is 1. The molecule has 2 aromatic rings. The molecule has 2 aromatic carbocycles. The van der Waals surface area contributed by atoms with Crippen molar-refractivity contribution in [2.24, 2.45) is 23.0 Å². The summed E-state index contributed by atoms with van der Waals surface area (Å²) in [4.78, 5) is 2.18. The van der Waals surface area contributed by atoms with Crippen LogP contribution in [0.3, 0.4) is 0 Å². The molecular formula is C38H47N3. The Morgan fingerprint density at radius 3 is 2.49 bits per heavy atom. The van der Waals surface area contributed by atoms with Gasteiger partial charge in [0.2, 0.25) is 0 Å². The average molecular weight is 546 g/mol. The minimum atomic E-state index is -0.136. The Kier molecular flexibility index (Phi) is 7.55. The Balaban J connectivity index is 1.56. The van der Waals surface area contributed by atoms with E-state index in [2.05, 4.69) is 108 Å². The van der Waals surface area contributed by atoms with E-state index in [9.17, 15) is 0 Å². The van der Waals surface area contributed by atoms with Gasteiger partial charge in [0.15, 0.2) is 0 Å². The van der Waals surface area contributed by atoms with Gasteiger partial charge >= 0.3 is 0 Å². The van der Waals surface area contributed by atoms with Gasteiger partial charge in [0, 0.05) is 29.9 Å². The number of likely N-dealkylation sites (N-methyl/N-ethyl adjacent to an activating group) is 1. The minimum absolute atomic E-state index is 0.136. The van der Waals surface area contributed by atoms with Crippen LogP contribution in [0.25, 0.3) is 22.4 Å². The summed E-state index contributed by atoms with van der Waals surface area (Å²) in [7, 11) is 4.18. The zero-order valence-electron chi connectivity index (χ0n) is 26.0. The number of nitrogens with two attached hydrogens (primary N) is 1. The quantitative estimate of drug-likeness (QED) is 0.370.